The summed E-state index contributed by atoms with van der Waals surface area (Å²) >= 11 is 1.39. The maximum Gasteiger partial charge on any atom is 0.309 e. The molecule has 0 saturated carbocycles. The molecule has 1 saturated heterocycles. The third-order valence-electron chi connectivity index (χ3n) is 6.07. The van der Waals surface area contributed by atoms with Gasteiger partial charge in [0.25, 0.3) is 0 Å². The Morgan fingerprint density at radius 3 is 2.35 bits per heavy atom. The largest absolute Gasteiger partial charge is 0.493 e. The highest BCUT2D eigenvalue weighted by atomic mass is 32.1. The number of piperidine rings is 1. The Hall–Kier alpha value is -3.05. The van der Waals surface area contributed by atoms with Crippen molar-refractivity contribution < 1.29 is 28.8 Å². The van der Waals surface area contributed by atoms with E-state index in [0.717, 1.165) is 5.56 Å². The van der Waals surface area contributed by atoms with Gasteiger partial charge in [0.15, 0.2) is 11.5 Å². The first kappa shape index (κ1) is 24.1. The van der Waals surface area contributed by atoms with Crippen molar-refractivity contribution in [3.63, 3.8) is 0 Å². The number of ether oxygens (including phenoxy) is 4. The van der Waals surface area contributed by atoms with Gasteiger partial charge in [0, 0.05) is 0 Å². The number of esters is 1. The molecule has 184 valence electrons. The van der Waals surface area contributed by atoms with Gasteiger partial charge in [0.1, 0.15) is 5.82 Å². The number of thiazole rings is 1. The summed E-state index contributed by atoms with van der Waals surface area (Å²) in [5.41, 5.74) is 0.862. The van der Waals surface area contributed by atoms with E-state index in [-0.39, 0.29) is 23.8 Å². The van der Waals surface area contributed by atoms with Crippen LogP contribution in [0.25, 0.3) is 4.96 Å². The molecular formula is C23H30N4O6S. The van der Waals surface area contributed by atoms with Gasteiger partial charge >= 0.3 is 5.97 Å². The minimum Gasteiger partial charge on any atom is -0.493 e. The molecule has 4 rings (SSSR count). The summed E-state index contributed by atoms with van der Waals surface area (Å²) in [7, 11) is 4.71. The lowest BCUT2D eigenvalue weighted by molar-refractivity contribution is -0.149. The summed E-state index contributed by atoms with van der Waals surface area (Å²) in [4.78, 5) is 20.3. The number of aryl methyl sites for hydroxylation is 1. The fourth-order valence-electron chi connectivity index (χ4n) is 4.47. The second-order valence-corrected chi connectivity index (χ2v) is 9.08. The molecule has 1 atom stereocenters. The van der Waals surface area contributed by atoms with E-state index in [1.165, 1.54) is 15.9 Å². The van der Waals surface area contributed by atoms with Crippen LogP contribution in [0, 0.1) is 12.8 Å². The van der Waals surface area contributed by atoms with Crippen LogP contribution in [0.15, 0.2) is 12.1 Å². The second-order valence-electron chi connectivity index (χ2n) is 8.07. The molecule has 0 bridgehead atoms. The van der Waals surface area contributed by atoms with Crippen molar-refractivity contribution in [1.29, 1.82) is 0 Å². The lowest BCUT2D eigenvalue weighted by atomic mass is 9.93. The lowest BCUT2D eigenvalue weighted by Crippen LogP contribution is -2.39. The molecule has 3 heterocycles. The Kier molecular flexibility index (Phi) is 7.13. The SMILES string of the molecule is CCOC(=O)C1CCN([C@H](c2cc(OC)c(OC)c(OC)c2)c2sc3nc(C)nn3c2O)CC1. The van der Waals surface area contributed by atoms with E-state index in [4.69, 9.17) is 18.9 Å². The van der Waals surface area contributed by atoms with E-state index in [1.54, 1.807) is 28.3 Å². The van der Waals surface area contributed by atoms with Gasteiger partial charge in [0.2, 0.25) is 16.6 Å². The van der Waals surface area contributed by atoms with E-state index >= 15 is 0 Å². The maximum atomic E-state index is 12.3. The molecule has 3 aromatic rings. The highest BCUT2D eigenvalue weighted by molar-refractivity contribution is 7.17. The molecule has 0 unspecified atom stereocenters. The number of carbonyl (C=O) groups is 1. The van der Waals surface area contributed by atoms with Crippen LogP contribution >= 0.6 is 11.3 Å². The van der Waals surface area contributed by atoms with E-state index in [0.29, 0.717) is 65.4 Å². The molecule has 0 amide bonds. The van der Waals surface area contributed by atoms with Crippen LogP contribution in [-0.4, -0.2) is 71.6 Å². The zero-order valence-electron chi connectivity index (χ0n) is 20.0. The first-order chi connectivity index (χ1) is 16.4. The molecule has 1 fully saturated rings. The van der Waals surface area contributed by atoms with Gasteiger partial charge in [-0.25, -0.2) is 4.98 Å². The van der Waals surface area contributed by atoms with Crippen LogP contribution in [0.5, 0.6) is 23.1 Å². The minimum atomic E-state index is -0.328. The molecule has 1 aliphatic heterocycles. The normalized spacial score (nSPS) is 15.9. The van der Waals surface area contributed by atoms with Crippen LogP contribution in [0.1, 0.15) is 42.1 Å². The highest BCUT2D eigenvalue weighted by Crippen LogP contribution is 2.46. The number of aromatic nitrogens is 3. The molecule has 11 heteroatoms. The maximum absolute atomic E-state index is 12.3. The number of carbonyl (C=O) groups excluding carboxylic acids is 1. The highest BCUT2D eigenvalue weighted by Gasteiger charge is 2.35. The zero-order chi connectivity index (χ0) is 24.4. The standard InChI is InChI=1S/C23H30N4O6S/c1-6-33-22(29)14-7-9-26(10-8-14)18(20-21(28)27-23(34-20)24-13(2)25-27)15-11-16(30-3)19(32-5)17(12-15)31-4/h11-12,14,18,28H,6-10H2,1-5H3/t18-/m1/s1. The Morgan fingerprint density at radius 2 is 1.82 bits per heavy atom. The van der Waals surface area contributed by atoms with Gasteiger partial charge in [-0.15, -0.1) is 5.10 Å². The van der Waals surface area contributed by atoms with Gasteiger partial charge in [0.05, 0.1) is 44.8 Å². The van der Waals surface area contributed by atoms with Crippen molar-refractivity contribution in [3.8, 4) is 23.1 Å². The number of rotatable bonds is 8. The fraction of sp³-hybridized carbons (Fsp3) is 0.522. The summed E-state index contributed by atoms with van der Waals surface area (Å²) in [5, 5.41) is 15.4. The lowest BCUT2D eigenvalue weighted by Gasteiger charge is -2.37. The van der Waals surface area contributed by atoms with Gasteiger partial charge in [-0.3, -0.25) is 9.69 Å². The molecule has 1 aromatic carbocycles. The quantitative estimate of drug-likeness (QED) is 0.476. The fourth-order valence-corrected chi connectivity index (χ4v) is 5.63. The number of aromatic hydroxyl groups is 1. The topological polar surface area (TPSA) is 108 Å². The Morgan fingerprint density at radius 1 is 1.18 bits per heavy atom. The minimum absolute atomic E-state index is 0.0480. The average Bonchev–Trinajstić information content (AvgIpc) is 3.35. The molecule has 1 aliphatic rings. The van der Waals surface area contributed by atoms with Crippen molar-refractivity contribution in [2.24, 2.45) is 5.92 Å². The number of fused-ring (bicyclic) bond motifs is 1. The molecular weight excluding hydrogens is 460 g/mol. The predicted molar refractivity (Wildman–Crippen MR) is 126 cm³/mol. The summed E-state index contributed by atoms with van der Waals surface area (Å²) in [5.74, 6) is 1.91. The van der Waals surface area contributed by atoms with Crippen molar-refractivity contribution in [2.45, 2.75) is 32.7 Å². The number of benzene rings is 1. The van der Waals surface area contributed by atoms with E-state index < -0.39 is 0 Å². The first-order valence-corrected chi connectivity index (χ1v) is 12.0. The zero-order valence-corrected chi connectivity index (χ0v) is 20.8. The molecule has 0 aliphatic carbocycles. The van der Waals surface area contributed by atoms with Crippen LogP contribution in [0.3, 0.4) is 0 Å². The monoisotopic (exact) mass is 490 g/mol. The van der Waals surface area contributed by atoms with Crippen LogP contribution < -0.4 is 14.2 Å². The smallest absolute Gasteiger partial charge is 0.309 e. The van der Waals surface area contributed by atoms with Gasteiger partial charge in [-0.05, 0) is 57.5 Å². The van der Waals surface area contributed by atoms with Crippen molar-refractivity contribution in [2.75, 3.05) is 41.0 Å². The number of methoxy groups -OCH3 is 3. The van der Waals surface area contributed by atoms with Crippen molar-refractivity contribution >= 4 is 22.3 Å². The first-order valence-electron chi connectivity index (χ1n) is 11.2. The molecule has 0 radical (unpaired) electrons. The van der Waals surface area contributed by atoms with Crippen LogP contribution in [0.4, 0.5) is 0 Å². The van der Waals surface area contributed by atoms with E-state index in [2.05, 4.69) is 15.0 Å². The molecule has 2 aromatic heterocycles. The number of likely N-dealkylation sites (tertiary alicyclic amines) is 1. The summed E-state index contributed by atoms with van der Waals surface area (Å²) in [6, 6.07) is 3.46. The molecule has 10 nitrogen and oxygen atoms in total. The van der Waals surface area contributed by atoms with Gasteiger partial charge in [-0.1, -0.05) is 11.3 Å². The van der Waals surface area contributed by atoms with Crippen molar-refractivity contribution in [3.05, 3.63) is 28.4 Å². The van der Waals surface area contributed by atoms with Crippen LogP contribution in [0.2, 0.25) is 0 Å². The molecule has 0 spiro atoms. The number of hydrogen-bond donors (Lipinski definition) is 1. The second kappa shape index (κ2) is 10.1. The van der Waals surface area contributed by atoms with Crippen molar-refractivity contribution in [1.82, 2.24) is 19.5 Å². The molecule has 1 N–H and O–H groups in total. The van der Waals surface area contributed by atoms with Gasteiger partial charge in [-0.2, -0.15) is 4.52 Å². The Labute approximate surface area is 202 Å². The summed E-state index contributed by atoms with van der Waals surface area (Å²) in [6.45, 7) is 5.28. The number of hydrogen-bond acceptors (Lipinski definition) is 10. The van der Waals surface area contributed by atoms with E-state index in [1.807, 2.05) is 19.1 Å². The average molecular weight is 491 g/mol. The Balaban J connectivity index is 1.77. The third kappa shape index (κ3) is 4.37. The summed E-state index contributed by atoms with van der Waals surface area (Å²) < 4.78 is 23.4. The third-order valence-corrected chi connectivity index (χ3v) is 7.14. The number of nitrogens with zero attached hydrogens (tertiary/aromatic N) is 4. The predicted octanol–water partition coefficient (Wildman–Crippen LogP) is 3.20. The molecule has 34 heavy (non-hydrogen) atoms. The Bertz CT molecular complexity index is 1140. The van der Waals surface area contributed by atoms with Crippen LogP contribution in [-0.2, 0) is 9.53 Å². The van der Waals surface area contributed by atoms with E-state index in [9.17, 15) is 9.90 Å². The van der Waals surface area contributed by atoms with Gasteiger partial charge < -0.3 is 24.1 Å². The summed E-state index contributed by atoms with van der Waals surface area (Å²) in [6.07, 6.45) is 1.33.